The monoisotopic (exact) mass is 301 g/mol. The molecule has 1 aromatic heterocycles. The third-order valence-corrected chi connectivity index (χ3v) is 4.26. The number of amides is 1. The smallest absolute Gasteiger partial charge is 0.225 e. The third-order valence-electron chi connectivity index (χ3n) is 3.79. The van der Waals surface area contributed by atoms with Crippen molar-refractivity contribution in [3.63, 3.8) is 0 Å². The van der Waals surface area contributed by atoms with Crippen molar-refractivity contribution in [3.05, 3.63) is 21.9 Å². The number of nitrogens with zero attached hydrogens (tertiary/aromatic N) is 1. The predicted molar refractivity (Wildman–Crippen MR) is 77.6 cm³/mol. The molecule has 0 spiro atoms. The molecule has 1 aliphatic rings. The summed E-state index contributed by atoms with van der Waals surface area (Å²) in [6.07, 6.45) is 3.61. The van der Waals surface area contributed by atoms with E-state index in [0.717, 1.165) is 24.8 Å². The lowest BCUT2D eigenvalue weighted by Gasteiger charge is -2.40. The normalized spacial score (nSPS) is 16.8. The van der Waals surface area contributed by atoms with Crippen LogP contribution in [0.4, 0.5) is 5.69 Å². The summed E-state index contributed by atoms with van der Waals surface area (Å²) in [5.74, 6) is -0.0701. The quantitative estimate of drug-likeness (QED) is 0.839. The molecule has 0 radical (unpaired) electrons. The van der Waals surface area contributed by atoms with Gasteiger partial charge in [-0.25, -0.2) is 4.98 Å². The van der Waals surface area contributed by atoms with Gasteiger partial charge in [0.15, 0.2) is 5.15 Å². The Labute approximate surface area is 122 Å². The second kappa shape index (κ2) is 5.65. The molecule has 1 aromatic rings. The SMILES string of the molecule is Cc1cc(Cl)nc(Cl)c1NC(=O)CC1(CN)CCC1. The van der Waals surface area contributed by atoms with E-state index in [1.54, 1.807) is 6.07 Å². The summed E-state index contributed by atoms with van der Waals surface area (Å²) in [5, 5.41) is 3.35. The van der Waals surface area contributed by atoms with Crippen molar-refractivity contribution in [2.45, 2.75) is 32.6 Å². The molecule has 0 aromatic carbocycles. The van der Waals surface area contributed by atoms with Crippen LogP contribution in [0.2, 0.25) is 10.3 Å². The Balaban J connectivity index is 2.07. The number of aryl methyl sites for hydroxylation is 1. The van der Waals surface area contributed by atoms with E-state index >= 15 is 0 Å². The lowest BCUT2D eigenvalue weighted by atomic mass is 9.66. The minimum Gasteiger partial charge on any atom is -0.330 e. The molecule has 0 saturated heterocycles. The van der Waals surface area contributed by atoms with Crippen LogP contribution in [-0.4, -0.2) is 17.4 Å². The zero-order valence-electron chi connectivity index (χ0n) is 10.8. The van der Waals surface area contributed by atoms with Crippen molar-refractivity contribution in [1.29, 1.82) is 0 Å². The van der Waals surface area contributed by atoms with Crippen LogP contribution in [-0.2, 0) is 4.79 Å². The second-order valence-electron chi connectivity index (χ2n) is 5.21. The number of anilines is 1. The van der Waals surface area contributed by atoms with Crippen LogP contribution >= 0.6 is 23.2 Å². The van der Waals surface area contributed by atoms with Crippen LogP contribution in [0.3, 0.4) is 0 Å². The summed E-state index contributed by atoms with van der Waals surface area (Å²) in [5.41, 5.74) is 7.06. The number of nitrogens with two attached hydrogens (primary N) is 1. The van der Waals surface area contributed by atoms with E-state index in [0.29, 0.717) is 23.8 Å². The molecular formula is C13H17Cl2N3O. The highest BCUT2D eigenvalue weighted by Crippen LogP contribution is 2.43. The molecule has 0 aliphatic heterocycles. The predicted octanol–water partition coefficient (Wildman–Crippen LogP) is 3.15. The number of aromatic nitrogens is 1. The molecule has 0 atom stereocenters. The van der Waals surface area contributed by atoms with Crippen molar-refractivity contribution < 1.29 is 4.79 Å². The maximum atomic E-state index is 12.1. The summed E-state index contributed by atoms with van der Waals surface area (Å²) >= 11 is 11.8. The Bertz CT molecular complexity index is 472. The van der Waals surface area contributed by atoms with Gasteiger partial charge in [-0.2, -0.15) is 0 Å². The first-order chi connectivity index (χ1) is 8.96. The molecule has 6 heteroatoms. The molecule has 1 amide bonds. The van der Waals surface area contributed by atoms with Gasteiger partial charge in [0.25, 0.3) is 0 Å². The number of hydrogen-bond acceptors (Lipinski definition) is 3. The van der Waals surface area contributed by atoms with Gasteiger partial charge in [0.2, 0.25) is 5.91 Å². The molecule has 19 heavy (non-hydrogen) atoms. The maximum absolute atomic E-state index is 12.1. The molecule has 0 unspecified atom stereocenters. The van der Waals surface area contributed by atoms with E-state index < -0.39 is 0 Å². The fourth-order valence-corrected chi connectivity index (χ4v) is 2.98. The number of hydrogen-bond donors (Lipinski definition) is 2. The highest BCUT2D eigenvalue weighted by molar-refractivity contribution is 6.34. The first-order valence-corrected chi connectivity index (χ1v) is 7.04. The summed E-state index contributed by atoms with van der Waals surface area (Å²) in [4.78, 5) is 16.0. The number of pyridine rings is 1. The van der Waals surface area contributed by atoms with Crippen molar-refractivity contribution >= 4 is 34.8 Å². The number of carbonyl (C=O) groups excluding carboxylic acids is 1. The largest absolute Gasteiger partial charge is 0.330 e. The van der Waals surface area contributed by atoms with Crippen LogP contribution in [0.1, 0.15) is 31.2 Å². The summed E-state index contributed by atoms with van der Waals surface area (Å²) in [6.45, 7) is 2.38. The molecule has 104 valence electrons. The number of carbonyl (C=O) groups is 1. The Kier molecular flexibility index (Phi) is 4.33. The van der Waals surface area contributed by atoms with Gasteiger partial charge in [0, 0.05) is 6.42 Å². The van der Waals surface area contributed by atoms with Gasteiger partial charge in [0.05, 0.1) is 5.69 Å². The highest BCUT2D eigenvalue weighted by Gasteiger charge is 2.37. The summed E-state index contributed by atoms with van der Waals surface area (Å²) < 4.78 is 0. The molecule has 1 saturated carbocycles. The van der Waals surface area contributed by atoms with Crippen LogP contribution in [0.15, 0.2) is 6.07 Å². The van der Waals surface area contributed by atoms with Crippen LogP contribution in [0, 0.1) is 12.3 Å². The number of halogens is 2. The Morgan fingerprint density at radius 3 is 2.68 bits per heavy atom. The summed E-state index contributed by atoms with van der Waals surface area (Å²) in [7, 11) is 0. The standard InChI is InChI=1S/C13H17Cl2N3O/c1-8-5-9(14)17-12(15)11(8)18-10(19)6-13(7-16)3-2-4-13/h5H,2-4,6-7,16H2,1H3,(H,18,19). The molecule has 3 N–H and O–H groups in total. The van der Waals surface area contributed by atoms with E-state index in [-0.39, 0.29) is 16.5 Å². The Morgan fingerprint density at radius 2 is 2.21 bits per heavy atom. The average Bonchev–Trinajstić information content (AvgIpc) is 2.28. The van der Waals surface area contributed by atoms with Gasteiger partial charge in [-0.3, -0.25) is 4.79 Å². The van der Waals surface area contributed by atoms with Gasteiger partial charge in [0.1, 0.15) is 5.15 Å². The van der Waals surface area contributed by atoms with E-state index in [4.69, 9.17) is 28.9 Å². The Hall–Kier alpha value is -0.840. The minimum atomic E-state index is -0.0701. The second-order valence-corrected chi connectivity index (χ2v) is 5.96. The van der Waals surface area contributed by atoms with Crippen molar-refractivity contribution in [3.8, 4) is 0 Å². The number of nitrogens with one attached hydrogen (secondary N) is 1. The molecule has 1 aliphatic carbocycles. The molecule has 4 nitrogen and oxygen atoms in total. The van der Waals surface area contributed by atoms with E-state index in [9.17, 15) is 4.79 Å². The topological polar surface area (TPSA) is 68.0 Å². The Morgan fingerprint density at radius 1 is 1.53 bits per heavy atom. The van der Waals surface area contributed by atoms with Crippen LogP contribution < -0.4 is 11.1 Å². The fourth-order valence-electron chi connectivity index (χ4n) is 2.40. The van der Waals surface area contributed by atoms with Gasteiger partial charge in [-0.05, 0) is 43.4 Å². The lowest BCUT2D eigenvalue weighted by Crippen LogP contribution is -2.40. The molecule has 1 heterocycles. The van der Waals surface area contributed by atoms with Gasteiger partial charge in [-0.1, -0.05) is 29.6 Å². The zero-order valence-corrected chi connectivity index (χ0v) is 12.3. The van der Waals surface area contributed by atoms with Gasteiger partial charge < -0.3 is 11.1 Å². The van der Waals surface area contributed by atoms with E-state index in [2.05, 4.69) is 10.3 Å². The minimum absolute atomic E-state index is 0.0235. The first-order valence-electron chi connectivity index (χ1n) is 6.28. The van der Waals surface area contributed by atoms with Crippen molar-refractivity contribution in [2.24, 2.45) is 11.1 Å². The number of rotatable bonds is 4. The van der Waals surface area contributed by atoms with Gasteiger partial charge >= 0.3 is 0 Å². The van der Waals surface area contributed by atoms with E-state index in [1.165, 1.54) is 0 Å². The molecule has 2 rings (SSSR count). The fraction of sp³-hybridized carbons (Fsp3) is 0.538. The maximum Gasteiger partial charge on any atom is 0.225 e. The van der Waals surface area contributed by atoms with Crippen LogP contribution in [0.25, 0.3) is 0 Å². The first kappa shape index (κ1) is 14.6. The van der Waals surface area contributed by atoms with Gasteiger partial charge in [-0.15, -0.1) is 0 Å². The van der Waals surface area contributed by atoms with E-state index in [1.807, 2.05) is 6.92 Å². The van der Waals surface area contributed by atoms with Crippen LogP contribution in [0.5, 0.6) is 0 Å². The van der Waals surface area contributed by atoms with Crippen molar-refractivity contribution in [2.75, 3.05) is 11.9 Å². The molecule has 1 fully saturated rings. The highest BCUT2D eigenvalue weighted by atomic mass is 35.5. The lowest BCUT2D eigenvalue weighted by molar-refractivity contribution is -0.119. The van der Waals surface area contributed by atoms with Crippen molar-refractivity contribution in [1.82, 2.24) is 4.98 Å². The molecular weight excluding hydrogens is 285 g/mol. The summed E-state index contributed by atoms with van der Waals surface area (Å²) in [6, 6.07) is 1.67. The average molecular weight is 302 g/mol. The molecule has 0 bridgehead atoms. The zero-order chi connectivity index (χ0) is 14.0. The third kappa shape index (κ3) is 3.19.